The molecular weight excluding hydrogens is 412 g/mol. The van der Waals surface area contributed by atoms with Crippen LogP contribution in [0, 0.1) is 11.8 Å². The van der Waals surface area contributed by atoms with Crippen molar-refractivity contribution >= 4 is 34.3 Å². The van der Waals surface area contributed by atoms with Gasteiger partial charge in [0.05, 0.1) is 0 Å². The summed E-state index contributed by atoms with van der Waals surface area (Å²) >= 11 is 6.55. The van der Waals surface area contributed by atoms with E-state index in [9.17, 15) is 4.79 Å². The number of allylic oxidation sites excluding steroid dienone is 1. The molecule has 0 radical (unpaired) electrons. The molecule has 1 aliphatic carbocycles. The Kier molecular flexibility index (Phi) is 9.89. The van der Waals surface area contributed by atoms with Crippen LogP contribution in [0.3, 0.4) is 0 Å². The Labute approximate surface area is 192 Å². The molecule has 166 valence electrons. The molecule has 1 aliphatic rings. The maximum absolute atomic E-state index is 13.1. The molecule has 0 saturated heterocycles. The van der Waals surface area contributed by atoms with Crippen molar-refractivity contribution in [3.8, 4) is 0 Å². The first-order chi connectivity index (χ1) is 14.3. The summed E-state index contributed by atoms with van der Waals surface area (Å²) in [7, 11) is 0. The quantitative estimate of drug-likeness (QED) is 0.182. The van der Waals surface area contributed by atoms with Crippen molar-refractivity contribution in [1.29, 1.82) is 0 Å². The minimum atomic E-state index is -0.650. The maximum atomic E-state index is 13.1. The molecule has 0 aliphatic heterocycles. The molecule has 1 fully saturated rings. The van der Waals surface area contributed by atoms with Gasteiger partial charge in [-0.2, -0.15) is 0 Å². The molecule has 0 amide bonds. The van der Waals surface area contributed by atoms with Gasteiger partial charge in [-0.1, -0.05) is 75.4 Å². The summed E-state index contributed by atoms with van der Waals surface area (Å²) in [6.07, 6.45) is 8.28. The second-order valence-electron chi connectivity index (χ2n) is 8.87. The molecule has 0 spiro atoms. The lowest BCUT2D eigenvalue weighted by Gasteiger charge is -2.44. The molecule has 0 unspecified atom stereocenters. The minimum Gasteiger partial charge on any atom is -0.463 e. The number of benzene rings is 1. The number of hydrogen-bond acceptors (Lipinski definition) is 5. The SMILES string of the molecule is C=CCCC[C@H](OC(=S)SC)C(=O)O[C@@H]1C[C@H](C)CC[C@H]1C(C)(C)c1ccccc1. The first kappa shape index (κ1) is 24.9. The van der Waals surface area contributed by atoms with E-state index in [1.165, 1.54) is 17.3 Å². The van der Waals surface area contributed by atoms with Crippen LogP contribution in [0.5, 0.6) is 0 Å². The zero-order valence-electron chi connectivity index (χ0n) is 18.8. The largest absolute Gasteiger partial charge is 0.463 e. The third-order valence-electron chi connectivity index (χ3n) is 6.31. The third-order valence-corrected chi connectivity index (χ3v) is 7.33. The van der Waals surface area contributed by atoms with E-state index in [0.29, 0.717) is 16.7 Å². The smallest absolute Gasteiger partial charge is 0.347 e. The molecule has 0 heterocycles. The van der Waals surface area contributed by atoms with Crippen LogP contribution in [-0.2, 0) is 19.7 Å². The van der Waals surface area contributed by atoms with Crippen molar-refractivity contribution in [3.63, 3.8) is 0 Å². The average molecular weight is 449 g/mol. The van der Waals surface area contributed by atoms with E-state index in [1.54, 1.807) is 0 Å². The van der Waals surface area contributed by atoms with Gasteiger partial charge in [0.1, 0.15) is 6.10 Å². The number of carbonyl (C=O) groups excluding carboxylic acids is 1. The fourth-order valence-electron chi connectivity index (χ4n) is 4.43. The second-order valence-corrected chi connectivity index (χ2v) is 10.3. The van der Waals surface area contributed by atoms with E-state index < -0.39 is 6.10 Å². The molecule has 0 bridgehead atoms. The summed E-state index contributed by atoms with van der Waals surface area (Å²) in [5.41, 5.74) is 1.20. The van der Waals surface area contributed by atoms with Crippen molar-refractivity contribution in [2.75, 3.05) is 6.26 Å². The Balaban J connectivity index is 2.18. The molecule has 5 heteroatoms. The van der Waals surface area contributed by atoms with Gasteiger partial charge >= 0.3 is 5.97 Å². The van der Waals surface area contributed by atoms with Gasteiger partial charge in [-0.3, -0.25) is 0 Å². The maximum Gasteiger partial charge on any atom is 0.347 e. The summed E-state index contributed by atoms with van der Waals surface area (Å²) in [4.78, 5) is 13.1. The highest BCUT2D eigenvalue weighted by Crippen LogP contribution is 2.43. The Morgan fingerprint density at radius 2 is 2.03 bits per heavy atom. The molecule has 2 rings (SSSR count). The van der Waals surface area contributed by atoms with Crippen molar-refractivity contribution in [3.05, 3.63) is 48.6 Å². The number of thiocarbonyl (C=S) groups is 1. The van der Waals surface area contributed by atoms with Gasteiger partial charge < -0.3 is 9.47 Å². The number of rotatable bonds is 9. The lowest BCUT2D eigenvalue weighted by molar-refractivity contribution is -0.165. The van der Waals surface area contributed by atoms with Crippen molar-refractivity contribution in [1.82, 2.24) is 0 Å². The van der Waals surface area contributed by atoms with Gasteiger partial charge in [0.25, 0.3) is 0 Å². The summed E-state index contributed by atoms with van der Waals surface area (Å²) in [5, 5.41) is 0. The van der Waals surface area contributed by atoms with Gasteiger partial charge in [0, 0.05) is 5.92 Å². The van der Waals surface area contributed by atoms with Crippen LogP contribution in [-0.4, -0.2) is 28.8 Å². The Bertz CT molecular complexity index is 702. The van der Waals surface area contributed by atoms with E-state index in [2.05, 4.69) is 51.6 Å². The molecule has 0 aromatic heterocycles. The predicted molar refractivity (Wildman–Crippen MR) is 131 cm³/mol. The molecule has 4 atom stereocenters. The average Bonchev–Trinajstić information content (AvgIpc) is 2.73. The van der Waals surface area contributed by atoms with Gasteiger partial charge in [-0.05, 0) is 67.5 Å². The van der Waals surface area contributed by atoms with Gasteiger partial charge in [0.2, 0.25) is 4.38 Å². The number of thioether (sulfide) groups is 1. The lowest BCUT2D eigenvalue weighted by atomic mass is 9.64. The summed E-state index contributed by atoms with van der Waals surface area (Å²) in [6.45, 7) is 10.5. The van der Waals surface area contributed by atoms with E-state index in [-0.39, 0.29) is 23.4 Å². The first-order valence-corrected chi connectivity index (χ1v) is 12.5. The Morgan fingerprint density at radius 3 is 2.67 bits per heavy atom. The van der Waals surface area contributed by atoms with E-state index >= 15 is 0 Å². The topological polar surface area (TPSA) is 35.5 Å². The molecule has 3 nitrogen and oxygen atoms in total. The summed E-state index contributed by atoms with van der Waals surface area (Å²) in [6, 6.07) is 10.6. The molecule has 1 aromatic carbocycles. The monoisotopic (exact) mass is 448 g/mol. The number of esters is 1. The molecular formula is C25H36O3S2. The van der Waals surface area contributed by atoms with Crippen LogP contribution in [0.1, 0.15) is 64.9 Å². The van der Waals surface area contributed by atoms with Crippen molar-refractivity contribution in [2.45, 2.75) is 76.9 Å². The minimum absolute atomic E-state index is 0.0832. The highest BCUT2D eigenvalue weighted by atomic mass is 32.2. The van der Waals surface area contributed by atoms with Crippen LogP contribution in [0.2, 0.25) is 0 Å². The van der Waals surface area contributed by atoms with Gasteiger partial charge in [-0.15, -0.1) is 6.58 Å². The van der Waals surface area contributed by atoms with E-state index in [1.807, 2.05) is 18.4 Å². The molecule has 1 saturated carbocycles. The molecule has 1 aromatic rings. The number of unbranched alkanes of at least 4 members (excludes halogenated alkanes) is 1. The molecule has 0 N–H and O–H groups in total. The number of hydrogen-bond donors (Lipinski definition) is 0. The Hall–Kier alpha value is -1.33. The van der Waals surface area contributed by atoms with E-state index in [4.69, 9.17) is 21.7 Å². The lowest BCUT2D eigenvalue weighted by Crippen LogP contribution is -2.45. The second kappa shape index (κ2) is 11.9. The zero-order chi connectivity index (χ0) is 22.1. The zero-order valence-corrected chi connectivity index (χ0v) is 20.4. The van der Waals surface area contributed by atoms with Crippen molar-refractivity contribution < 1.29 is 14.3 Å². The highest BCUT2D eigenvalue weighted by Gasteiger charge is 2.42. The van der Waals surface area contributed by atoms with Gasteiger partial charge in [0.15, 0.2) is 6.10 Å². The standard InChI is InChI=1S/C25H36O3S2/c1-6-7-9-14-21(28-24(29)30-5)23(26)27-22-17-18(2)15-16-20(22)25(3,4)19-12-10-8-11-13-19/h6,8,10-13,18,20-22H,1,7,9,14-17H2,2-5H3/t18-,20-,21+,22-/m1/s1. The normalized spacial score (nSPS) is 22.7. The van der Waals surface area contributed by atoms with Gasteiger partial charge in [-0.25, -0.2) is 4.79 Å². The molecule has 30 heavy (non-hydrogen) atoms. The fraction of sp³-hybridized carbons (Fsp3) is 0.600. The van der Waals surface area contributed by atoms with Crippen LogP contribution in [0.15, 0.2) is 43.0 Å². The summed E-state index contributed by atoms with van der Waals surface area (Å²) in [5.74, 6) is 0.517. The number of ether oxygens (including phenoxy) is 2. The fourth-order valence-corrected chi connectivity index (χ4v) is 4.76. The van der Waals surface area contributed by atoms with Crippen LogP contribution in [0.4, 0.5) is 0 Å². The predicted octanol–water partition coefficient (Wildman–Crippen LogP) is 6.70. The summed E-state index contributed by atoms with van der Waals surface area (Å²) < 4.78 is 12.3. The Morgan fingerprint density at radius 1 is 1.33 bits per heavy atom. The highest BCUT2D eigenvalue weighted by molar-refractivity contribution is 8.22. The number of carbonyl (C=O) groups is 1. The van der Waals surface area contributed by atoms with Crippen LogP contribution < -0.4 is 0 Å². The van der Waals surface area contributed by atoms with Crippen LogP contribution in [0.25, 0.3) is 0 Å². The van der Waals surface area contributed by atoms with E-state index in [0.717, 1.165) is 32.1 Å². The third kappa shape index (κ3) is 6.84. The van der Waals surface area contributed by atoms with Crippen molar-refractivity contribution in [2.24, 2.45) is 11.8 Å². The first-order valence-electron chi connectivity index (χ1n) is 10.9. The van der Waals surface area contributed by atoms with Crippen LogP contribution >= 0.6 is 24.0 Å².